The van der Waals surface area contributed by atoms with E-state index in [1.807, 2.05) is 19.2 Å². The van der Waals surface area contributed by atoms with Crippen molar-refractivity contribution in [2.24, 2.45) is 0 Å². The first kappa shape index (κ1) is 13.6. The van der Waals surface area contributed by atoms with Crippen molar-refractivity contribution < 1.29 is 4.74 Å². The van der Waals surface area contributed by atoms with Crippen LogP contribution in [-0.2, 0) is 4.74 Å². The zero-order valence-corrected chi connectivity index (χ0v) is 11.3. The van der Waals surface area contributed by atoms with Crippen molar-refractivity contribution in [3.8, 4) is 0 Å². The third-order valence-corrected chi connectivity index (χ3v) is 2.81. The Labute approximate surface area is 112 Å². The van der Waals surface area contributed by atoms with Gasteiger partial charge in [0.05, 0.1) is 6.61 Å². The topological polar surface area (TPSA) is 63.2 Å². The van der Waals surface area contributed by atoms with Gasteiger partial charge in [-0.1, -0.05) is 0 Å². The number of rotatable bonds is 7. The Balaban J connectivity index is 1.91. The fourth-order valence-corrected chi connectivity index (χ4v) is 1.72. The largest absolute Gasteiger partial charge is 0.383 e. The third-order valence-electron chi connectivity index (χ3n) is 2.81. The molecule has 102 valence electrons. The second-order valence-corrected chi connectivity index (χ2v) is 4.23. The number of hydrogen-bond donors (Lipinski definition) is 1. The Morgan fingerprint density at radius 3 is 2.89 bits per heavy atom. The van der Waals surface area contributed by atoms with Crippen LogP contribution in [0, 0.1) is 0 Å². The van der Waals surface area contributed by atoms with Gasteiger partial charge in [-0.15, -0.1) is 0 Å². The van der Waals surface area contributed by atoms with E-state index in [2.05, 4.69) is 25.2 Å². The lowest BCUT2D eigenvalue weighted by atomic mass is 10.4. The molecule has 0 amide bonds. The summed E-state index contributed by atoms with van der Waals surface area (Å²) in [6, 6.07) is 3.91. The van der Waals surface area contributed by atoms with Crippen LogP contribution in [0.1, 0.15) is 0 Å². The van der Waals surface area contributed by atoms with E-state index >= 15 is 0 Å². The summed E-state index contributed by atoms with van der Waals surface area (Å²) < 4.78 is 4.98. The Morgan fingerprint density at radius 1 is 1.21 bits per heavy atom. The number of anilines is 1. The molecule has 0 aliphatic heterocycles. The zero-order valence-electron chi connectivity index (χ0n) is 11.3. The molecule has 2 rings (SSSR count). The smallest absolute Gasteiger partial charge is 0.180 e. The van der Waals surface area contributed by atoms with Gasteiger partial charge in [-0.05, 0) is 12.1 Å². The average Bonchev–Trinajstić information content (AvgIpc) is 2.46. The maximum Gasteiger partial charge on any atom is 0.180 e. The highest BCUT2D eigenvalue weighted by Gasteiger charge is 2.04. The van der Waals surface area contributed by atoms with Crippen molar-refractivity contribution >= 4 is 17.0 Å². The van der Waals surface area contributed by atoms with Gasteiger partial charge >= 0.3 is 0 Å². The second-order valence-electron chi connectivity index (χ2n) is 4.23. The van der Waals surface area contributed by atoms with Crippen LogP contribution in [0.25, 0.3) is 11.2 Å². The summed E-state index contributed by atoms with van der Waals surface area (Å²) in [5.41, 5.74) is 1.50. The maximum atomic E-state index is 4.98. The molecule has 2 aromatic heterocycles. The highest BCUT2D eigenvalue weighted by molar-refractivity contribution is 5.71. The van der Waals surface area contributed by atoms with Gasteiger partial charge in [-0.25, -0.2) is 9.97 Å². The van der Waals surface area contributed by atoms with Crippen LogP contribution in [0.15, 0.2) is 24.5 Å². The number of aromatic nitrogens is 3. The molecule has 0 atom stereocenters. The quantitative estimate of drug-likeness (QED) is 0.740. The van der Waals surface area contributed by atoms with Crippen LogP contribution in [0.3, 0.4) is 0 Å². The molecule has 6 heteroatoms. The fraction of sp³-hybridized carbons (Fsp3) is 0.462. The summed E-state index contributed by atoms with van der Waals surface area (Å²) in [6.45, 7) is 3.36. The SMILES string of the molecule is COCCNCCN(C)c1ccc2nccnc2n1. The Hall–Kier alpha value is -1.79. The minimum Gasteiger partial charge on any atom is -0.383 e. The molecule has 19 heavy (non-hydrogen) atoms. The van der Waals surface area contributed by atoms with Gasteiger partial charge < -0.3 is 15.0 Å². The molecule has 0 radical (unpaired) electrons. The lowest BCUT2D eigenvalue weighted by molar-refractivity contribution is 0.200. The molecular weight excluding hydrogens is 242 g/mol. The molecule has 2 aromatic rings. The number of pyridine rings is 1. The summed E-state index contributed by atoms with van der Waals surface area (Å²) in [5, 5.41) is 3.30. The molecule has 1 N–H and O–H groups in total. The van der Waals surface area contributed by atoms with Gasteiger partial charge in [0.25, 0.3) is 0 Å². The maximum absolute atomic E-state index is 4.98. The Morgan fingerprint density at radius 2 is 2.05 bits per heavy atom. The normalized spacial score (nSPS) is 10.8. The molecule has 0 bridgehead atoms. The minimum absolute atomic E-state index is 0.680. The first-order valence-corrected chi connectivity index (χ1v) is 6.30. The predicted molar refractivity (Wildman–Crippen MR) is 75.3 cm³/mol. The van der Waals surface area contributed by atoms with Crippen molar-refractivity contribution in [2.75, 3.05) is 45.3 Å². The fourth-order valence-electron chi connectivity index (χ4n) is 1.72. The minimum atomic E-state index is 0.680. The van der Waals surface area contributed by atoms with Crippen molar-refractivity contribution in [1.29, 1.82) is 0 Å². The van der Waals surface area contributed by atoms with Gasteiger partial charge in [-0.2, -0.15) is 0 Å². The molecule has 0 aromatic carbocycles. The third kappa shape index (κ3) is 3.84. The van der Waals surface area contributed by atoms with Gasteiger partial charge in [0.1, 0.15) is 11.3 Å². The summed E-state index contributed by atoms with van der Waals surface area (Å²) in [6.07, 6.45) is 3.33. The van der Waals surface area contributed by atoms with Crippen LogP contribution < -0.4 is 10.2 Å². The number of ether oxygens (including phenoxy) is 1. The van der Waals surface area contributed by atoms with Crippen LogP contribution in [0.5, 0.6) is 0 Å². The molecular formula is C13H19N5O. The Bertz CT molecular complexity index is 519. The zero-order chi connectivity index (χ0) is 13.5. The monoisotopic (exact) mass is 261 g/mol. The number of fused-ring (bicyclic) bond motifs is 1. The summed E-state index contributed by atoms with van der Waals surface area (Å²) in [7, 11) is 3.72. The Kier molecular flexibility index (Phi) is 5.00. The molecule has 0 fully saturated rings. The van der Waals surface area contributed by atoms with E-state index in [0.29, 0.717) is 5.65 Å². The van der Waals surface area contributed by atoms with E-state index in [-0.39, 0.29) is 0 Å². The molecule has 0 saturated heterocycles. The van der Waals surface area contributed by atoms with Crippen molar-refractivity contribution in [3.63, 3.8) is 0 Å². The van der Waals surface area contributed by atoms with Crippen LogP contribution in [-0.4, -0.2) is 55.4 Å². The van der Waals surface area contributed by atoms with E-state index in [1.54, 1.807) is 19.5 Å². The van der Waals surface area contributed by atoms with E-state index in [1.165, 1.54) is 0 Å². The number of likely N-dealkylation sites (N-methyl/N-ethyl adjacent to an activating group) is 1. The average molecular weight is 261 g/mol. The lowest BCUT2D eigenvalue weighted by Gasteiger charge is -2.18. The van der Waals surface area contributed by atoms with Gasteiger partial charge in [0.2, 0.25) is 0 Å². The van der Waals surface area contributed by atoms with Gasteiger partial charge in [-0.3, -0.25) is 4.98 Å². The van der Waals surface area contributed by atoms with E-state index in [9.17, 15) is 0 Å². The number of nitrogens with zero attached hydrogens (tertiary/aromatic N) is 4. The highest BCUT2D eigenvalue weighted by Crippen LogP contribution is 2.12. The molecule has 2 heterocycles. The standard InChI is InChI=1S/C13H19N5O/c1-18(9-7-14-8-10-19-2)12-4-3-11-13(17-12)16-6-5-15-11/h3-6,14H,7-10H2,1-2H3. The number of nitrogens with one attached hydrogen (secondary N) is 1. The molecule has 0 saturated carbocycles. The van der Waals surface area contributed by atoms with Gasteiger partial charge in [0, 0.05) is 46.2 Å². The van der Waals surface area contributed by atoms with Crippen LogP contribution in [0.2, 0.25) is 0 Å². The first-order chi connectivity index (χ1) is 9.31. The number of hydrogen-bond acceptors (Lipinski definition) is 6. The molecule has 0 aliphatic rings. The van der Waals surface area contributed by atoms with Crippen molar-refractivity contribution in [2.45, 2.75) is 0 Å². The summed E-state index contributed by atoms with van der Waals surface area (Å²) in [5.74, 6) is 0.904. The summed E-state index contributed by atoms with van der Waals surface area (Å²) >= 11 is 0. The van der Waals surface area contributed by atoms with Crippen molar-refractivity contribution in [3.05, 3.63) is 24.5 Å². The first-order valence-electron chi connectivity index (χ1n) is 6.30. The molecule has 6 nitrogen and oxygen atoms in total. The molecule has 0 aliphatic carbocycles. The lowest BCUT2D eigenvalue weighted by Crippen LogP contribution is -2.31. The molecule has 0 unspecified atom stereocenters. The van der Waals surface area contributed by atoms with E-state index in [0.717, 1.165) is 37.6 Å². The number of methoxy groups -OCH3 is 1. The van der Waals surface area contributed by atoms with Crippen LogP contribution in [0.4, 0.5) is 5.82 Å². The summed E-state index contributed by atoms with van der Waals surface area (Å²) in [4.78, 5) is 15.0. The van der Waals surface area contributed by atoms with Crippen molar-refractivity contribution in [1.82, 2.24) is 20.3 Å². The highest BCUT2D eigenvalue weighted by atomic mass is 16.5. The predicted octanol–water partition coefficient (Wildman–Crippen LogP) is 0.697. The van der Waals surface area contributed by atoms with E-state index in [4.69, 9.17) is 4.74 Å². The van der Waals surface area contributed by atoms with Gasteiger partial charge in [0.15, 0.2) is 5.65 Å². The van der Waals surface area contributed by atoms with Crippen LogP contribution >= 0.6 is 0 Å². The van der Waals surface area contributed by atoms with E-state index < -0.39 is 0 Å². The molecule has 0 spiro atoms. The second kappa shape index (κ2) is 6.96.